The average molecular weight is 373 g/mol. The number of aliphatic imine (C=N–C) groups is 1. The van der Waals surface area contributed by atoms with Crippen LogP contribution in [0.2, 0.25) is 0 Å². The van der Waals surface area contributed by atoms with Gasteiger partial charge in [0.1, 0.15) is 11.4 Å². The van der Waals surface area contributed by atoms with Gasteiger partial charge in [0.05, 0.1) is 12.6 Å². The van der Waals surface area contributed by atoms with Crippen LogP contribution in [0.3, 0.4) is 0 Å². The van der Waals surface area contributed by atoms with Crippen LogP contribution in [0.15, 0.2) is 59.6 Å². The van der Waals surface area contributed by atoms with Crippen LogP contribution in [0.1, 0.15) is 31.1 Å². The van der Waals surface area contributed by atoms with Crippen LogP contribution >= 0.6 is 0 Å². The molecule has 27 heavy (non-hydrogen) atoms. The van der Waals surface area contributed by atoms with Gasteiger partial charge in [-0.15, -0.1) is 0 Å². The SMILES string of the molecule is CCNC(=NCC(C)(O)c1ccccc1)NCC(OC)c1ccc(F)cc1. The van der Waals surface area contributed by atoms with Crippen LogP contribution in [0.25, 0.3) is 0 Å². The molecular weight excluding hydrogens is 345 g/mol. The van der Waals surface area contributed by atoms with Gasteiger partial charge in [0.15, 0.2) is 5.96 Å². The maximum atomic E-state index is 13.1. The normalized spacial score (nSPS) is 15.1. The Morgan fingerprint density at radius 2 is 1.81 bits per heavy atom. The minimum Gasteiger partial charge on any atom is -0.384 e. The summed E-state index contributed by atoms with van der Waals surface area (Å²) in [6, 6.07) is 15.7. The predicted molar refractivity (Wildman–Crippen MR) is 106 cm³/mol. The van der Waals surface area contributed by atoms with Crippen molar-refractivity contribution < 1.29 is 14.2 Å². The first-order valence-electron chi connectivity index (χ1n) is 9.04. The van der Waals surface area contributed by atoms with Gasteiger partial charge in [0.25, 0.3) is 0 Å². The summed E-state index contributed by atoms with van der Waals surface area (Å²) < 4.78 is 18.6. The molecule has 5 nitrogen and oxygen atoms in total. The van der Waals surface area contributed by atoms with Crippen LogP contribution in [-0.2, 0) is 10.3 Å². The second kappa shape index (κ2) is 10.0. The molecular formula is C21H28FN3O2. The Bertz CT molecular complexity index is 718. The van der Waals surface area contributed by atoms with Gasteiger partial charge in [0, 0.05) is 20.2 Å². The fourth-order valence-corrected chi connectivity index (χ4v) is 2.67. The number of methoxy groups -OCH3 is 1. The van der Waals surface area contributed by atoms with Gasteiger partial charge in [-0.1, -0.05) is 42.5 Å². The quantitative estimate of drug-likeness (QED) is 0.492. The summed E-state index contributed by atoms with van der Waals surface area (Å²) in [5.41, 5.74) is 0.616. The molecule has 0 radical (unpaired) electrons. The Labute approximate surface area is 160 Å². The summed E-state index contributed by atoms with van der Waals surface area (Å²) in [6.45, 7) is 5.07. The third-order valence-electron chi connectivity index (χ3n) is 4.27. The van der Waals surface area contributed by atoms with Gasteiger partial charge >= 0.3 is 0 Å². The second-order valence-electron chi connectivity index (χ2n) is 6.49. The molecule has 0 heterocycles. The minimum atomic E-state index is -1.07. The Morgan fingerprint density at radius 1 is 1.15 bits per heavy atom. The third kappa shape index (κ3) is 6.34. The first kappa shape index (κ1) is 20.9. The maximum Gasteiger partial charge on any atom is 0.191 e. The smallest absolute Gasteiger partial charge is 0.191 e. The van der Waals surface area contributed by atoms with E-state index in [1.807, 2.05) is 37.3 Å². The zero-order chi connectivity index (χ0) is 19.7. The van der Waals surface area contributed by atoms with E-state index in [1.165, 1.54) is 12.1 Å². The zero-order valence-corrected chi connectivity index (χ0v) is 16.1. The Hall–Kier alpha value is -2.44. The van der Waals surface area contributed by atoms with Crippen LogP contribution in [0.4, 0.5) is 4.39 Å². The van der Waals surface area contributed by atoms with Gasteiger partial charge < -0.3 is 20.5 Å². The number of hydrogen-bond donors (Lipinski definition) is 3. The molecule has 2 unspecified atom stereocenters. The molecule has 0 saturated heterocycles. The average Bonchev–Trinajstić information content (AvgIpc) is 2.68. The molecule has 0 spiro atoms. The van der Waals surface area contributed by atoms with E-state index in [0.29, 0.717) is 19.0 Å². The van der Waals surface area contributed by atoms with Crippen LogP contribution in [-0.4, -0.2) is 37.8 Å². The summed E-state index contributed by atoms with van der Waals surface area (Å²) >= 11 is 0. The fraction of sp³-hybridized carbons (Fsp3) is 0.381. The van der Waals surface area contributed by atoms with Crippen molar-refractivity contribution in [1.82, 2.24) is 10.6 Å². The number of aliphatic hydroxyl groups is 1. The first-order chi connectivity index (χ1) is 13.0. The molecule has 0 aliphatic carbocycles. The van der Waals surface area contributed by atoms with Crippen molar-refractivity contribution in [1.29, 1.82) is 0 Å². The number of benzene rings is 2. The second-order valence-corrected chi connectivity index (χ2v) is 6.49. The van der Waals surface area contributed by atoms with Crippen LogP contribution < -0.4 is 10.6 Å². The molecule has 0 bridgehead atoms. The molecule has 2 aromatic rings. The lowest BCUT2D eigenvalue weighted by molar-refractivity contribution is 0.0671. The first-order valence-corrected chi connectivity index (χ1v) is 9.04. The molecule has 0 aromatic heterocycles. The number of rotatable bonds is 8. The van der Waals surface area contributed by atoms with E-state index in [0.717, 1.165) is 11.1 Å². The topological polar surface area (TPSA) is 65.9 Å². The summed E-state index contributed by atoms with van der Waals surface area (Å²) in [5, 5.41) is 17.1. The third-order valence-corrected chi connectivity index (χ3v) is 4.27. The van der Waals surface area contributed by atoms with E-state index in [2.05, 4.69) is 15.6 Å². The van der Waals surface area contributed by atoms with Crippen LogP contribution in [0.5, 0.6) is 0 Å². The molecule has 0 fully saturated rings. The molecule has 0 saturated carbocycles. The van der Waals surface area contributed by atoms with E-state index in [-0.39, 0.29) is 18.5 Å². The van der Waals surface area contributed by atoms with Gasteiger partial charge in [-0.05, 0) is 37.1 Å². The van der Waals surface area contributed by atoms with Crippen molar-refractivity contribution >= 4 is 5.96 Å². The zero-order valence-electron chi connectivity index (χ0n) is 16.1. The number of guanidine groups is 1. The summed E-state index contributed by atoms with van der Waals surface area (Å²) in [6.07, 6.45) is -0.246. The molecule has 6 heteroatoms. The molecule has 0 amide bonds. The number of nitrogens with one attached hydrogen (secondary N) is 2. The molecule has 146 valence electrons. The largest absolute Gasteiger partial charge is 0.384 e. The van der Waals surface area contributed by atoms with Crippen molar-refractivity contribution in [3.8, 4) is 0 Å². The molecule has 2 aromatic carbocycles. The number of hydrogen-bond acceptors (Lipinski definition) is 3. The standard InChI is InChI=1S/C21H28FN3O2/c1-4-23-20(25-15-21(2,26)17-8-6-5-7-9-17)24-14-19(27-3)16-10-12-18(22)13-11-16/h5-13,19,26H,4,14-15H2,1-3H3,(H2,23,24,25). The van der Waals surface area contributed by atoms with Gasteiger partial charge in [-0.25, -0.2) is 9.38 Å². The van der Waals surface area contributed by atoms with Crippen molar-refractivity contribution in [3.63, 3.8) is 0 Å². The monoisotopic (exact) mass is 373 g/mol. The van der Waals surface area contributed by atoms with Gasteiger partial charge in [-0.3, -0.25) is 0 Å². The number of nitrogens with zero attached hydrogens (tertiary/aromatic N) is 1. The summed E-state index contributed by atoms with van der Waals surface area (Å²) in [4.78, 5) is 4.50. The molecule has 2 atom stereocenters. The van der Waals surface area contributed by atoms with Gasteiger partial charge in [0.2, 0.25) is 0 Å². The predicted octanol–water partition coefficient (Wildman–Crippen LogP) is 2.98. The van der Waals surface area contributed by atoms with E-state index in [4.69, 9.17) is 4.74 Å². The van der Waals surface area contributed by atoms with Crippen LogP contribution in [0, 0.1) is 5.82 Å². The summed E-state index contributed by atoms with van der Waals surface area (Å²) in [5.74, 6) is 0.303. The fourth-order valence-electron chi connectivity index (χ4n) is 2.67. The van der Waals surface area contributed by atoms with Crippen molar-refractivity contribution in [2.75, 3.05) is 26.7 Å². The van der Waals surface area contributed by atoms with E-state index in [9.17, 15) is 9.50 Å². The number of ether oxygens (including phenoxy) is 1. The van der Waals surface area contributed by atoms with Crippen molar-refractivity contribution in [2.45, 2.75) is 25.6 Å². The number of halogens is 1. The highest BCUT2D eigenvalue weighted by molar-refractivity contribution is 5.79. The Kier molecular flexibility index (Phi) is 7.76. The highest BCUT2D eigenvalue weighted by Gasteiger charge is 2.22. The molecule has 3 N–H and O–H groups in total. The van der Waals surface area contributed by atoms with Crippen molar-refractivity contribution in [3.05, 3.63) is 71.5 Å². The lowest BCUT2D eigenvalue weighted by Crippen LogP contribution is -2.40. The summed E-state index contributed by atoms with van der Waals surface area (Å²) in [7, 11) is 1.61. The Balaban J connectivity index is 2.03. The highest BCUT2D eigenvalue weighted by Crippen LogP contribution is 2.20. The molecule has 0 aliphatic rings. The molecule has 2 rings (SSSR count). The lowest BCUT2D eigenvalue weighted by atomic mass is 9.96. The lowest BCUT2D eigenvalue weighted by Gasteiger charge is -2.23. The van der Waals surface area contributed by atoms with E-state index >= 15 is 0 Å². The van der Waals surface area contributed by atoms with Gasteiger partial charge in [-0.2, -0.15) is 0 Å². The maximum absolute atomic E-state index is 13.1. The Morgan fingerprint density at radius 3 is 2.41 bits per heavy atom. The van der Waals surface area contributed by atoms with Crippen molar-refractivity contribution in [2.24, 2.45) is 4.99 Å². The highest BCUT2D eigenvalue weighted by atomic mass is 19.1. The molecule has 0 aliphatic heterocycles. The van der Waals surface area contributed by atoms with E-state index < -0.39 is 5.60 Å². The van der Waals surface area contributed by atoms with E-state index in [1.54, 1.807) is 26.2 Å². The minimum absolute atomic E-state index is 0.209.